The van der Waals surface area contributed by atoms with Crippen molar-refractivity contribution in [1.29, 1.82) is 0 Å². The summed E-state index contributed by atoms with van der Waals surface area (Å²) in [6.07, 6.45) is 1.09. The van der Waals surface area contributed by atoms with E-state index in [0.717, 1.165) is 23.5 Å². The Labute approximate surface area is 142 Å². The van der Waals surface area contributed by atoms with E-state index < -0.39 is 16.4 Å². The van der Waals surface area contributed by atoms with Crippen LogP contribution in [0.25, 0.3) is 0 Å². The van der Waals surface area contributed by atoms with Gasteiger partial charge in [-0.15, -0.1) is 0 Å². The molecule has 4 rings (SSSR count). The SMILES string of the molecule is O=C1Nc2ccccc2N2C(=O)CCC12.O=[N+]([O-])c1ccccc1F. The molecule has 1 unspecified atom stereocenters. The topological polar surface area (TPSA) is 92.6 Å². The Kier molecular flexibility index (Phi) is 4.42. The first kappa shape index (κ1) is 16.6. The number of nitro groups is 1. The third-order valence-electron chi connectivity index (χ3n) is 3.99. The molecule has 1 fully saturated rings. The van der Waals surface area contributed by atoms with Crippen LogP contribution in [0.1, 0.15) is 12.8 Å². The van der Waals surface area contributed by atoms with Crippen LogP contribution in [0.15, 0.2) is 48.5 Å². The zero-order valence-electron chi connectivity index (χ0n) is 13.0. The zero-order valence-corrected chi connectivity index (χ0v) is 13.0. The molecule has 2 aromatic rings. The predicted molar refractivity (Wildman–Crippen MR) is 88.6 cm³/mol. The Morgan fingerprint density at radius 3 is 2.48 bits per heavy atom. The maximum absolute atomic E-state index is 12.4. The van der Waals surface area contributed by atoms with Crippen molar-refractivity contribution in [3.8, 4) is 0 Å². The molecule has 2 heterocycles. The van der Waals surface area contributed by atoms with Gasteiger partial charge in [0.1, 0.15) is 6.04 Å². The average Bonchev–Trinajstić information content (AvgIpc) is 2.99. The lowest BCUT2D eigenvalue weighted by Gasteiger charge is -2.31. The van der Waals surface area contributed by atoms with Gasteiger partial charge in [-0.2, -0.15) is 4.39 Å². The van der Waals surface area contributed by atoms with Crippen molar-refractivity contribution in [2.24, 2.45) is 0 Å². The second-order valence-electron chi connectivity index (χ2n) is 5.53. The summed E-state index contributed by atoms with van der Waals surface area (Å²) in [5, 5.41) is 12.8. The van der Waals surface area contributed by atoms with Gasteiger partial charge in [0.25, 0.3) is 0 Å². The fraction of sp³-hybridized carbons (Fsp3) is 0.176. The summed E-state index contributed by atoms with van der Waals surface area (Å²) >= 11 is 0. The Hall–Kier alpha value is -3.29. The number of nitrogens with zero attached hydrogens (tertiary/aromatic N) is 2. The fourth-order valence-electron chi connectivity index (χ4n) is 2.84. The molecule has 0 bridgehead atoms. The lowest BCUT2D eigenvalue weighted by atomic mass is 10.1. The van der Waals surface area contributed by atoms with E-state index in [1.807, 2.05) is 24.3 Å². The highest BCUT2D eigenvalue weighted by Gasteiger charge is 2.41. The van der Waals surface area contributed by atoms with Crippen LogP contribution < -0.4 is 10.2 Å². The monoisotopic (exact) mass is 343 g/mol. The number of nitrogens with one attached hydrogen (secondary N) is 1. The first-order valence-electron chi connectivity index (χ1n) is 7.60. The van der Waals surface area contributed by atoms with Crippen LogP contribution in [0.5, 0.6) is 0 Å². The van der Waals surface area contributed by atoms with Gasteiger partial charge in [-0.05, 0) is 24.6 Å². The smallest absolute Gasteiger partial charge is 0.304 e. The number of para-hydroxylation sites is 3. The third-order valence-corrected chi connectivity index (χ3v) is 3.99. The quantitative estimate of drug-likeness (QED) is 0.636. The average molecular weight is 343 g/mol. The first-order valence-corrected chi connectivity index (χ1v) is 7.60. The molecule has 2 aromatic carbocycles. The van der Waals surface area contributed by atoms with Crippen LogP contribution in [-0.4, -0.2) is 22.8 Å². The number of benzene rings is 2. The molecule has 1 N–H and O–H groups in total. The van der Waals surface area contributed by atoms with Gasteiger partial charge in [0.05, 0.1) is 16.3 Å². The van der Waals surface area contributed by atoms with Crippen molar-refractivity contribution in [2.75, 3.05) is 10.2 Å². The number of hydrogen-bond acceptors (Lipinski definition) is 4. The number of amides is 2. The number of carbonyl (C=O) groups is 2. The molecule has 0 spiro atoms. The highest BCUT2D eigenvalue weighted by atomic mass is 19.1. The van der Waals surface area contributed by atoms with Crippen molar-refractivity contribution < 1.29 is 18.9 Å². The molecule has 0 aromatic heterocycles. The molecular formula is C17H14FN3O4. The Morgan fingerprint density at radius 2 is 1.80 bits per heavy atom. The molecule has 0 radical (unpaired) electrons. The molecule has 7 nitrogen and oxygen atoms in total. The van der Waals surface area contributed by atoms with Crippen molar-refractivity contribution in [3.63, 3.8) is 0 Å². The van der Waals surface area contributed by atoms with E-state index in [2.05, 4.69) is 5.32 Å². The summed E-state index contributed by atoms with van der Waals surface area (Å²) in [7, 11) is 0. The summed E-state index contributed by atoms with van der Waals surface area (Å²) in [5.74, 6) is -0.825. The van der Waals surface area contributed by atoms with Crippen LogP contribution in [0, 0.1) is 15.9 Å². The summed E-state index contributed by atoms with van der Waals surface area (Å²) in [5.41, 5.74) is 1.07. The molecule has 25 heavy (non-hydrogen) atoms. The first-order chi connectivity index (χ1) is 12.0. The molecule has 8 heteroatoms. The van der Waals surface area contributed by atoms with E-state index in [1.54, 1.807) is 4.90 Å². The standard InChI is InChI=1S/C11H10N2O2.C6H4FNO2/c14-10-6-5-9-11(15)12-7-3-1-2-4-8(7)13(9)10;7-5-3-1-2-4-6(5)8(9)10/h1-4,9H,5-6H2,(H,12,15);1-4H. The van der Waals surface area contributed by atoms with Crippen LogP contribution in [0.4, 0.5) is 21.5 Å². The molecule has 1 atom stereocenters. The molecule has 128 valence electrons. The molecular weight excluding hydrogens is 329 g/mol. The molecule has 0 aliphatic carbocycles. The maximum Gasteiger partial charge on any atom is 0.304 e. The van der Waals surface area contributed by atoms with Gasteiger partial charge in [-0.25, -0.2) is 0 Å². The number of halogens is 1. The Bertz CT molecular complexity index is 855. The number of hydrogen-bond donors (Lipinski definition) is 1. The molecule has 2 aliphatic heterocycles. The van der Waals surface area contributed by atoms with E-state index in [0.29, 0.717) is 12.8 Å². The molecule has 1 saturated heterocycles. The van der Waals surface area contributed by atoms with Crippen molar-refractivity contribution >= 4 is 28.9 Å². The number of rotatable bonds is 1. The van der Waals surface area contributed by atoms with Gasteiger partial charge in [0.2, 0.25) is 17.6 Å². The van der Waals surface area contributed by atoms with Crippen LogP contribution >= 0.6 is 0 Å². The lowest BCUT2D eigenvalue weighted by molar-refractivity contribution is -0.387. The molecule has 0 saturated carbocycles. The predicted octanol–water partition coefficient (Wildman–Crippen LogP) is 2.87. The minimum absolute atomic E-state index is 0.0438. The molecule has 2 amide bonds. The van der Waals surface area contributed by atoms with Gasteiger partial charge in [0, 0.05) is 12.5 Å². The van der Waals surface area contributed by atoms with Gasteiger partial charge >= 0.3 is 5.69 Å². The van der Waals surface area contributed by atoms with Gasteiger partial charge < -0.3 is 5.32 Å². The second-order valence-corrected chi connectivity index (χ2v) is 5.53. The minimum Gasteiger partial charge on any atom is -0.322 e. The minimum atomic E-state index is -0.799. The van der Waals surface area contributed by atoms with E-state index >= 15 is 0 Å². The number of fused-ring (bicyclic) bond motifs is 3. The van der Waals surface area contributed by atoms with E-state index in [-0.39, 0.29) is 17.9 Å². The fourth-order valence-corrected chi connectivity index (χ4v) is 2.84. The normalized spacial score (nSPS) is 17.8. The third kappa shape index (κ3) is 3.18. The number of nitro benzene ring substituents is 1. The van der Waals surface area contributed by atoms with Gasteiger partial charge in [0.15, 0.2) is 0 Å². The molecule has 2 aliphatic rings. The summed E-state index contributed by atoms with van der Waals surface area (Å²) in [6.45, 7) is 0. The maximum atomic E-state index is 12.4. The number of carbonyl (C=O) groups excluding carboxylic acids is 2. The van der Waals surface area contributed by atoms with Crippen molar-refractivity contribution in [2.45, 2.75) is 18.9 Å². The highest BCUT2D eigenvalue weighted by Crippen LogP contribution is 2.36. The van der Waals surface area contributed by atoms with E-state index in [9.17, 15) is 24.1 Å². The lowest BCUT2D eigenvalue weighted by Crippen LogP contribution is -2.45. The largest absolute Gasteiger partial charge is 0.322 e. The highest BCUT2D eigenvalue weighted by molar-refractivity contribution is 6.13. The van der Waals surface area contributed by atoms with Gasteiger partial charge in [-0.1, -0.05) is 24.3 Å². The van der Waals surface area contributed by atoms with Crippen LogP contribution in [0.3, 0.4) is 0 Å². The van der Waals surface area contributed by atoms with Crippen LogP contribution in [0.2, 0.25) is 0 Å². The van der Waals surface area contributed by atoms with E-state index in [4.69, 9.17) is 0 Å². The van der Waals surface area contributed by atoms with Crippen molar-refractivity contribution in [1.82, 2.24) is 0 Å². The second kappa shape index (κ2) is 6.68. The number of anilines is 2. The van der Waals surface area contributed by atoms with Gasteiger partial charge in [-0.3, -0.25) is 24.6 Å². The summed E-state index contributed by atoms with van der Waals surface area (Å²) < 4.78 is 12.4. The Morgan fingerprint density at radius 1 is 1.12 bits per heavy atom. The summed E-state index contributed by atoms with van der Waals surface area (Å²) in [4.78, 5) is 34.2. The van der Waals surface area contributed by atoms with Crippen molar-refractivity contribution in [3.05, 3.63) is 64.5 Å². The van der Waals surface area contributed by atoms with E-state index in [1.165, 1.54) is 12.1 Å². The summed E-state index contributed by atoms with van der Waals surface area (Å²) in [6, 6.07) is 12.1. The zero-order chi connectivity index (χ0) is 18.0. The van der Waals surface area contributed by atoms with Crippen LogP contribution in [-0.2, 0) is 9.59 Å². The Balaban J connectivity index is 0.000000160.